The van der Waals surface area contributed by atoms with Crippen LogP contribution in [0.5, 0.6) is 0 Å². The van der Waals surface area contributed by atoms with Crippen LogP contribution < -0.4 is 21.6 Å². The van der Waals surface area contributed by atoms with Crippen LogP contribution in [-0.4, -0.2) is 21.7 Å². The normalized spacial score (nSPS) is 16.6. The first-order chi connectivity index (χ1) is 21.7. The molecule has 4 N–H and O–H groups in total. The standard InChI is InChI=1S/C33H28F4N8/c1-2-27(20-6-4-3-5-7-20)42-30-23(17-39)18-40-29-22(16-38)14-25(15-26(29)30)41-31(21-8-10-24(34)11-9-21)28-19-45(44-43-28)32(12-13-32)33(35,36)37/h3-11,14-15,18-19,27,31,41,43-44H,2,12-13H2,1H3,(H,40,42)/t27-,31?/m1/s1. The monoisotopic (exact) mass is 612 g/mol. The first-order valence-electron chi connectivity index (χ1n) is 14.4. The van der Waals surface area contributed by atoms with E-state index >= 15 is 0 Å². The lowest BCUT2D eigenvalue weighted by atomic mass is 10.00. The molecule has 3 aromatic carbocycles. The van der Waals surface area contributed by atoms with E-state index in [1.165, 1.54) is 36.7 Å². The van der Waals surface area contributed by atoms with E-state index in [9.17, 15) is 28.1 Å². The fraction of sp³-hybridized carbons (Fsp3) is 0.242. The molecule has 8 nitrogen and oxygen atoms in total. The molecule has 1 aliphatic heterocycles. The number of alkyl halides is 3. The van der Waals surface area contributed by atoms with Gasteiger partial charge in [0.25, 0.3) is 0 Å². The van der Waals surface area contributed by atoms with Crippen LogP contribution in [0.4, 0.5) is 28.9 Å². The number of nitriles is 2. The quantitative estimate of drug-likeness (QED) is 0.148. The van der Waals surface area contributed by atoms with E-state index < -0.39 is 23.6 Å². The number of halogens is 4. The molecule has 2 aliphatic rings. The van der Waals surface area contributed by atoms with E-state index in [1.54, 1.807) is 12.1 Å². The highest BCUT2D eigenvalue weighted by Gasteiger charge is 2.67. The SMILES string of the molecule is CC[C@@H](Nc1c(C#N)cnc2c(C#N)cc(NC(C3=CN(C4(C(F)(F)F)CC4)NN3)c3ccc(F)cc3)cc12)c1ccccc1. The molecular formula is C33H28F4N8. The molecule has 1 aromatic heterocycles. The number of rotatable bonds is 9. The van der Waals surface area contributed by atoms with E-state index in [2.05, 4.69) is 38.7 Å². The number of benzene rings is 3. The van der Waals surface area contributed by atoms with Gasteiger partial charge in [-0.1, -0.05) is 49.4 Å². The Labute approximate surface area is 256 Å². The molecule has 12 heteroatoms. The van der Waals surface area contributed by atoms with Crippen LogP contribution in [0.15, 0.2) is 84.8 Å². The number of nitrogens with one attached hydrogen (secondary N) is 4. The molecule has 6 rings (SSSR count). The van der Waals surface area contributed by atoms with E-state index in [-0.39, 0.29) is 30.0 Å². The zero-order chi connectivity index (χ0) is 31.8. The minimum atomic E-state index is -4.45. The van der Waals surface area contributed by atoms with Crippen molar-refractivity contribution in [3.63, 3.8) is 0 Å². The lowest BCUT2D eigenvalue weighted by Gasteiger charge is -2.28. The number of pyridine rings is 1. The van der Waals surface area contributed by atoms with Crippen molar-refractivity contribution in [1.29, 1.82) is 10.5 Å². The first kappa shape index (κ1) is 29.7. The molecule has 228 valence electrons. The van der Waals surface area contributed by atoms with E-state index in [0.29, 0.717) is 40.0 Å². The summed E-state index contributed by atoms with van der Waals surface area (Å²) < 4.78 is 55.5. The molecule has 0 spiro atoms. The fourth-order valence-corrected chi connectivity index (χ4v) is 5.64. The molecule has 1 fully saturated rings. The molecule has 45 heavy (non-hydrogen) atoms. The average Bonchev–Trinajstić information content (AvgIpc) is 3.74. The van der Waals surface area contributed by atoms with Gasteiger partial charge in [-0.25, -0.2) is 4.39 Å². The third-order valence-corrected chi connectivity index (χ3v) is 8.27. The van der Waals surface area contributed by atoms with Gasteiger partial charge in [0.05, 0.1) is 40.1 Å². The third kappa shape index (κ3) is 5.56. The van der Waals surface area contributed by atoms with Gasteiger partial charge < -0.3 is 16.1 Å². The van der Waals surface area contributed by atoms with Gasteiger partial charge in [0.15, 0.2) is 5.54 Å². The number of hydrazine groups is 2. The van der Waals surface area contributed by atoms with Gasteiger partial charge in [-0.3, -0.25) is 9.99 Å². The van der Waals surface area contributed by atoms with Crippen LogP contribution in [0, 0.1) is 28.5 Å². The summed E-state index contributed by atoms with van der Waals surface area (Å²) in [4.78, 5) is 4.42. The van der Waals surface area contributed by atoms with Gasteiger partial charge in [0.2, 0.25) is 0 Å². The lowest BCUT2D eigenvalue weighted by Crippen LogP contribution is -2.52. The summed E-state index contributed by atoms with van der Waals surface area (Å²) in [7, 11) is 0. The highest BCUT2D eigenvalue weighted by atomic mass is 19.4. The van der Waals surface area contributed by atoms with Crippen LogP contribution in [0.2, 0.25) is 0 Å². The zero-order valence-electron chi connectivity index (χ0n) is 24.1. The van der Waals surface area contributed by atoms with Crippen LogP contribution in [0.3, 0.4) is 0 Å². The van der Waals surface area contributed by atoms with Crippen molar-refractivity contribution in [2.24, 2.45) is 0 Å². The predicted octanol–water partition coefficient (Wildman–Crippen LogP) is 7.09. The summed E-state index contributed by atoms with van der Waals surface area (Å²) in [5, 5.41) is 28.4. The maximum absolute atomic E-state index is 13.9. The first-order valence-corrected chi connectivity index (χ1v) is 14.4. The summed E-state index contributed by atoms with van der Waals surface area (Å²) in [6.45, 7) is 2.02. The van der Waals surface area contributed by atoms with Crippen LogP contribution in [-0.2, 0) is 0 Å². The van der Waals surface area contributed by atoms with Crippen molar-refractivity contribution in [3.8, 4) is 12.1 Å². The number of anilines is 2. The Hall–Kier alpha value is -5.33. The van der Waals surface area contributed by atoms with Gasteiger partial charge in [-0.05, 0) is 54.7 Å². The predicted molar refractivity (Wildman–Crippen MR) is 161 cm³/mol. The summed E-state index contributed by atoms with van der Waals surface area (Å²) in [5.41, 5.74) is 7.26. The van der Waals surface area contributed by atoms with Gasteiger partial charge in [0, 0.05) is 23.5 Å². The molecule has 4 aromatic rings. The van der Waals surface area contributed by atoms with Crippen molar-refractivity contribution >= 4 is 22.3 Å². The topological polar surface area (TPSA) is 112 Å². The van der Waals surface area contributed by atoms with Crippen molar-refractivity contribution < 1.29 is 17.6 Å². The molecule has 0 bridgehead atoms. The van der Waals surface area contributed by atoms with Gasteiger partial charge in [0.1, 0.15) is 18.0 Å². The second kappa shape index (κ2) is 11.6. The van der Waals surface area contributed by atoms with Crippen LogP contribution in [0.1, 0.15) is 60.5 Å². The van der Waals surface area contributed by atoms with Crippen LogP contribution in [0.25, 0.3) is 10.9 Å². The summed E-state index contributed by atoms with van der Waals surface area (Å²) >= 11 is 0. The molecule has 1 aliphatic carbocycles. The second-order valence-electron chi connectivity index (χ2n) is 11.1. The van der Waals surface area contributed by atoms with Crippen molar-refractivity contribution in [1.82, 2.24) is 21.0 Å². The Morgan fingerprint density at radius 2 is 1.69 bits per heavy atom. The Balaban J connectivity index is 1.43. The molecule has 0 radical (unpaired) electrons. The van der Waals surface area contributed by atoms with E-state index in [0.717, 1.165) is 10.6 Å². The van der Waals surface area contributed by atoms with E-state index in [1.807, 2.05) is 37.3 Å². The van der Waals surface area contributed by atoms with Gasteiger partial charge >= 0.3 is 6.18 Å². The lowest BCUT2D eigenvalue weighted by molar-refractivity contribution is -0.195. The van der Waals surface area contributed by atoms with Crippen molar-refractivity contribution in [2.75, 3.05) is 10.6 Å². The molecule has 0 amide bonds. The highest BCUT2D eigenvalue weighted by Crippen LogP contribution is 2.53. The Morgan fingerprint density at radius 1 is 0.978 bits per heavy atom. The highest BCUT2D eigenvalue weighted by molar-refractivity contribution is 5.99. The summed E-state index contributed by atoms with van der Waals surface area (Å²) in [5.74, 6) is -0.466. The average molecular weight is 613 g/mol. The summed E-state index contributed by atoms with van der Waals surface area (Å²) in [6.07, 6.45) is -1.05. The van der Waals surface area contributed by atoms with Gasteiger partial charge in [-0.15, -0.1) is 5.53 Å². The largest absolute Gasteiger partial charge is 0.413 e. The number of hydrogen-bond acceptors (Lipinski definition) is 8. The maximum Gasteiger partial charge on any atom is 0.413 e. The molecule has 0 saturated heterocycles. The molecular weight excluding hydrogens is 584 g/mol. The maximum atomic E-state index is 13.9. The number of fused-ring (bicyclic) bond motifs is 1. The minimum absolute atomic E-state index is 0.0501. The molecule has 1 unspecified atom stereocenters. The number of aromatic nitrogens is 1. The molecule has 2 atom stereocenters. The van der Waals surface area contributed by atoms with E-state index in [4.69, 9.17) is 0 Å². The third-order valence-electron chi connectivity index (χ3n) is 8.27. The van der Waals surface area contributed by atoms with Crippen molar-refractivity contribution in [2.45, 2.75) is 50.0 Å². The van der Waals surface area contributed by atoms with Gasteiger partial charge in [-0.2, -0.15) is 23.7 Å². The van der Waals surface area contributed by atoms with Crippen molar-refractivity contribution in [3.05, 3.63) is 113 Å². The van der Waals surface area contributed by atoms with Crippen LogP contribution >= 0.6 is 0 Å². The molecule has 1 saturated carbocycles. The molecule has 2 heterocycles. The Bertz CT molecular complexity index is 1840. The fourth-order valence-electron chi connectivity index (χ4n) is 5.64. The smallest absolute Gasteiger partial charge is 0.377 e. The second-order valence-corrected chi connectivity index (χ2v) is 11.1. The Kier molecular flexibility index (Phi) is 7.69. The number of nitrogens with zero attached hydrogens (tertiary/aromatic N) is 4. The minimum Gasteiger partial charge on any atom is -0.377 e. The number of hydrogen-bond donors (Lipinski definition) is 4. The summed E-state index contributed by atoms with van der Waals surface area (Å²) in [6, 6.07) is 22.2. The zero-order valence-corrected chi connectivity index (χ0v) is 24.1. The Morgan fingerprint density at radius 3 is 2.31 bits per heavy atom.